The molecule has 0 aliphatic heterocycles. The molecule has 4 saturated carbocycles. The molecule has 6 aliphatic carbocycles. The van der Waals surface area contributed by atoms with E-state index >= 15 is 0 Å². The Morgan fingerprint density at radius 1 is 0.500 bits per heavy atom. The van der Waals surface area contributed by atoms with Gasteiger partial charge in [-0.05, 0) is 153 Å². The maximum atomic E-state index is 2.70. The minimum absolute atomic E-state index is 0.0342. The molecule has 1 nitrogen and oxygen atoms in total. The third-order valence-electron chi connectivity index (χ3n) is 15.1. The summed E-state index contributed by atoms with van der Waals surface area (Å²) in [7, 11) is 0. The molecule has 6 aliphatic rings. The van der Waals surface area contributed by atoms with E-state index in [1.54, 1.807) is 11.1 Å². The first-order valence-electron chi connectivity index (χ1n) is 20.7. The van der Waals surface area contributed by atoms with Gasteiger partial charge < -0.3 is 4.90 Å². The molecule has 4 bridgehead atoms. The Morgan fingerprint density at radius 2 is 1.15 bits per heavy atom. The third kappa shape index (κ3) is 4.51. The van der Waals surface area contributed by atoms with E-state index in [1.807, 2.05) is 0 Å². The normalized spacial score (nSPS) is 26.1. The van der Waals surface area contributed by atoms with Gasteiger partial charge in [-0.1, -0.05) is 137 Å². The Hall–Kier alpha value is -4.88. The lowest BCUT2D eigenvalue weighted by atomic mass is 9.59. The molecule has 0 aromatic heterocycles. The van der Waals surface area contributed by atoms with Crippen molar-refractivity contribution in [1.82, 2.24) is 0 Å². The number of rotatable bonds is 5. The number of anilines is 3. The van der Waals surface area contributed by atoms with Crippen molar-refractivity contribution in [1.29, 1.82) is 0 Å². The number of hydrogen-bond donors (Lipinski definition) is 0. The molecule has 5 unspecified atom stereocenters. The van der Waals surface area contributed by atoms with Crippen LogP contribution in [0.2, 0.25) is 0 Å². The molecule has 0 N–H and O–H groups in total. The molecular formula is C53H51N. The Morgan fingerprint density at radius 3 is 1.89 bits per heavy atom. The minimum Gasteiger partial charge on any atom is -0.310 e. The van der Waals surface area contributed by atoms with Crippen LogP contribution in [-0.4, -0.2) is 0 Å². The van der Waals surface area contributed by atoms with Gasteiger partial charge in [0.15, 0.2) is 0 Å². The first kappa shape index (κ1) is 32.5. The van der Waals surface area contributed by atoms with Gasteiger partial charge in [0.1, 0.15) is 0 Å². The summed E-state index contributed by atoms with van der Waals surface area (Å²) in [6.07, 6.45) is 7.96. The van der Waals surface area contributed by atoms with Gasteiger partial charge in [-0.15, -0.1) is 0 Å². The topological polar surface area (TPSA) is 3.24 Å². The van der Waals surface area contributed by atoms with Crippen LogP contribution in [0.4, 0.5) is 17.1 Å². The van der Waals surface area contributed by atoms with Crippen LogP contribution in [0, 0.1) is 23.7 Å². The molecule has 1 spiro atoms. The highest BCUT2D eigenvalue weighted by Gasteiger charge is 2.66. The Labute approximate surface area is 322 Å². The SMILES string of the molecule is CC1(C)CCC(C)(C)c2c(N(c3ccc(-c4ccccc4)cc3)c3cc(-c4ccccc4)cc4c3-c3ccccc3C43C4CC5CC(C4)C3C5)cccc21. The van der Waals surface area contributed by atoms with Crippen molar-refractivity contribution in [3.8, 4) is 33.4 Å². The molecule has 4 fully saturated rings. The van der Waals surface area contributed by atoms with Gasteiger partial charge in [0.05, 0.1) is 11.4 Å². The van der Waals surface area contributed by atoms with Gasteiger partial charge in [-0.25, -0.2) is 0 Å². The molecule has 6 aromatic carbocycles. The third-order valence-corrected chi connectivity index (χ3v) is 15.1. The zero-order valence-corrected chi connectivity index (χ0v) is 32.3. The van der Waals surface area contributed by atoms with Crippen LogP contribution in [0.3, 0.4) is 0 Å². The molecule has 1 heteroatoms. The molecule has 0 amide bonds. The van der Waals surface area contributed by atoms with Crippen molar-refractivity contribution in [2.24, 2.45) is 23.7 Å². The number of fused-ring (bicyclic) bond motifs is 4. The summed E-state index contributed by atoms with van der Waals surface area (Å²) < 4.78 is 0. The minimum atomic E-state index is 0.0342. The summed E-state index contributed by atoms with van der Waals surface area (Å²) in [5.41, 5.74) is 18.4. The van der Waals surface area contributed by atoms with Crippen molar-refractivity contribution in [3.05, 3.63) is 162 Å². The van der Waals surface area contributed by atoms with E-state index in [-0.39, 0.29) is 16.2 Å². The second-order valence-corrected chi connectivity index (χ2v) is 18.8. The maximum Gasteiger partial charge on any atom is 0.0549 e. The first-order valence-corrected chi connectivity index (χ1v) is 20.7. The summed E-state index contributed by atoms with van der Waals surface area (Å²) in [5, 5.41) is 0. The summed E-state index contributed by atoms with van der Waals surface area (Å²) in [6, 6.07) is 53.6. The van der Waals surface area contributed by atoms with Crippen LogP contribution in [0.25, 0.3) is 33.4 Å². The average Bonchev–Trinajstić information content (AvgIpc) is 3.75. The average molecular weight is 702 g/mol. The standard InChI is InChI=1S/C53H51N/c1-51(2)26-27-52(3,4)50-44(51)20-13-21-47(50)54(41-24-22-37(23-25-41)35-14-7-5-8-15-35)48-33-38(36-16-9-6-10-17-36)32-46-49(48)42-18-11-12-19-43(42)53(46)40-29-34-28-39(31-40)45(53)30-34/h5-25,32-34,39-40,45H,26-31H2,1-4H3. The summed E-state index contributed by atoms with van der Waals surface area (Å²) >= 11 is 0. The summed E-state index contributed by atoms with van der Waals surface area (Å²) in [6.45, 7) is 9.90. The molecule has 12 rings (SSSR count). The Bertz CT molecular complexity index is 2410. The highest BCUT2D eigenvalue weighted by molar-refractivity contribution is 5.98. The van der Waals surface area contributed by atoms with Gasteiger partial charge in [-0.2, -0.15) is 0 Å². The van der Waals surface area contributed by atoms with Crippen molar-refractivity contribution >= 4 is 17.1 Å². The lowest BCUT2D eigenvalue weighted by molar-refractivity contribution is 0.191. The molecule has 54 heavy (non-hydrogen) atoms. The lowest BCUT2D eigenvalue weighted by Gasteiger charge is -2.45. The van der Waals surface area contributed by atoms with Gasteiger partial charge in [0.25, 0.3) is 0 Å². The van der Waals surface area contributed by atoms with E-state index in [1.165, 1.54) is 100 Å². The van der Waals surface area contributed by atoms with E-state index < -0.39 is 0 Å². The van der Waals surface area contributed by atoms with E-state index in [4.69, 9.17) is 0 Å². The summed E-state index contributed by atoms with van der Waals surface area (Å²) in [4.78, 5) is 2.70. The van der Waals surface area contributed by atoms with Crippen molar-refractivity contribution in [3.63, 3.8) is 0 Å². The fraction of sp³-hybridized carbons (Fsp3) is 0.321. The molecule has 0 heterocycles. The zero-order valence-electron chi connectivity index (χ0n) is 32.3. The smallest absolute Gasteiger partial charge is 0.0549 e. The highest BCUT2D eigenvalue weighted by Crippen LogP contribution is 2.74. The predicted molar refractivity (Wildman–Crippen MR) is 226 cm³/mol. The Balaban J connectivity index is 1.24. The number of nitrogens with zero attached hydrogens (tertiary/aromatic N) is 1. The van der Waals surface area contributed by atoms with Crippen molar-refractivity contribution in [2.45, 2.75) is 82.5 Å². The van der Waals surface area contributed by atoms with E-state index in [2.05, 4.69) is 172 Å². The largest absolute Gasteiger partial charge is 0.310 e. The van der Waals surface area contributed by atoms with Crippen LogP contribution >= 0.6 is 0 Å². The van der Waals surface area contributed by atoms with Crippen LogP contribution in [0.5, 0.6) is 0 Å². The quantitative estimate of drug-likeness (QED) is 0.173. The summed E-state index contributed by atoms with van der Waals surface area (Å²) in [5.74, 6) is 3.20. The number of benzene rings is 6. The molecule has 0 radical (unpaired) electrons. The predicted octanol–water partition coefficient (Wildman–Crippen LogP) is 14.2. The zero-order chi connectivity index (χ0) is 36.4. The van der Waals surface area contributed by atoms with Crippen molar-refractivity contribution in [2.75, 3.05) is 4.90 Å². The van der Waals surface area contributed by atoms with Gasteiger partial charge in [0, 0.05) is 16.7 Å². The number of hydrogen-bond acceptors (Lipinski definition) is 1. The van der Waals surface area contributed by atoms with E-state index in [0.717, 1.165) is 17.8 Å². The van der Waals surface area contributed by atoms with Crippen LogP contribution in [0.15, 0.2) is 140 Å². The molecular weight excluding hydrogens is 651 g/mol. The highest BCUT2D eigenvalue weighted by atomic mass is 15.2. The van der Waals surface area contributed by atoms with Crippen LogP contribution < -0.4 is 4.90 Å². The lowest BCUT2D eigenvalue weighted by Crippen LogP contribution is -2.40. The van der Waals surface area contributed by atoms with Crippen molar-refractivity contribution < 1.29 is 0 Å². The Kier molecular flexibility index (Phi) is 6.97. The van der Waals surface area contributed by atoms with Gasteiger partial charge in [0.2, 0.25) is 0 Å². The first-order chi connectivity index (χ1) is 26.2. The second-order valence-electron chi connectivity index (χ2n) is 18.8. The molecule has 0 saturated heterocycles. The monoisotopic (exact) mass is 701 g/mol. The fourth-order valence-corrected chi connectivity index (χ4v) is 12.8. The van der Waals surface area contributed by atoms with E-state index in [9.17, 15) is 0 Å². The maximum absolute atomic E-state index is 2.70. The molecule has 6 aromatic rings. The van der Waals surface area contributed by atoms with Gasteiger partial charge in [-0.3, -0.25) is 0 Å². The second kappa shape index (κ2) is 11.6. The van der Waals surface area contributed by atoms with Gasteiger partial charge >= 0.3 is 0 Å². The molecule has 5 atom stereocenters. The van der Waals surface area contributed by atoms with E-state index in [0.29, 0.717) is 5.92 Å². The van der Waals surface area contributed by atoms with Crippen LogP contribution in [0.1, 0.15) is 88.5 Å². The fourth-order valence-electron chi connectivity index (χ4n) is 12.8. The van der Waals surface area contributed by atoms with Crippen LogP contribution in [-0.2, 0) is 16.2 Å². The molecule has 268 valence electrons.